The maximum absolute atomic E-state index is 10.6. The van der Waals surface area contributed by atoms with E-state index in [1.807, 2.05) is 32.0 Å². The van der Waals surface area contributed by atoms with Crippen molar-refractivity contribution < 1.29 is 10.0 Å². The molecular formula is C15H15NO3. The molecule has 0 aromatic heterocycles. The highest BCUT2D eigenvalue weighted by Gasteiger charge is 2.14. The maximum Gasteiger partial charge on any atom is 0.269 e. The second kappa shape index (κ2) is 5.20. The van der Waals surface area contributed by atoms with E-state index in [0.717, 1.165) is 16.7 Å². The third kappa shape index (κ3) is 2.80. The Labute approximate surface area is 111 Å². The molecular weight excluding hydrogens is 242 g/mol. The van der Waals surface area contributed by atoms with E-state index in [1.54, 1.807) is 12.1 Å². The summed E-state index contributed by atoms with van der Waals surface area (Å²) in [6.45, 7) is 3.94. The number of nitro groups is 1. The van der Waals surface area contributed by atoms with Gasteiger partial charge in [-0.3, -0.25) is 10.1 Å². The lowest BCUT2D eigenvalue weighted by atomic mass is 9.96. The van der Waals surface area contributed by atoms with Crippen molar-refractivity contribution in [3.05, 3.63) is 74.8 Å². The smallest absolute Gasteiger partial charge is 0.269 e. The molecule has 0 bridgehead atoms. The first-order chi connectivity index (χ1) is 8.99. The summed E-state index contributed by atoms with van der Waals surface area (Å²) in [7, 11) is 0. The van der Waals surface area contributed by atoms with Crippen LogP contribution in [0.1, 0.15) is 28.4 Å². The predicted octanol–water partition coefficient (Wildman–Crippen LogP) is 3.29. The number of aliphatic hydroxyl groups is 1. The van der Waals surface area contributed by atoms with Gasteiger partial charge in [0.2, 0.25) is 0 Å². The second-order valence-corrected chi connectivity index (χ2v) is 4.61. The van der Waals surface area contributed by atoms with Gasteiger partial charge in [0, 0.05) is 12.1 Å². The molecule has 2 aromatic rings. The van der Waals surface area contributed by atoms with Gasteiger partial charge in [-0.1, -0.05) is 23.8 Å². The van der Waals surface area contributed by atoms with Crippen LogP contribution in [0.5, 0.6) is 0 Å². The van der Waals surface area contributed by atoms with Gasteiger partial charge in [0.15, 0.2) is 0 Å². The van der Waals surface area contributed by atoms with Crippen LogP contribution in [-0.2, 0) is 0 Å². The fourth-order valence-corrected chi connectivity index (χ4v) is 2.09. The zero-order chi connectivity index (χ0) is 14.0. The van der Waals surface area contributed by atoms with E-state index in [2.05, 4.69) is 0 Å². The molecule has 2 rings (SSSR count). The van der Waals surface area contributed by atoms with E-state index in [9.17, 15) is 15.2 Å². The van der Waals surface area contributed by atoms with Gasteiger partial charge in [-0.25, -0.2) is 0 Å². The number of hydrogen-bond donors (Lipinski definition) is 1. The molecule has 0 amide bonds. The Morgan fingerprint density at radius 3 is 2.26 bits per heavy atom. The Kier molecular flexibility index (Phi) is 3.62. The van der Waals surface area contributed by atoms with Gasteiger partial charge >= 0.3 is 0 Å². The Morgan fingerprint density at radius 1 is 1.11 bits per heavy atom. The van der Waals surface area contributed by atoms with Crippen LogP contribution in [0.2, 0.25) is 0 Å². The van der Waals surface area contributed by atoms with E-state index in [4.69, 9.17) is 0 Å². The van der Waals surface area contributed by atoms with Gasteiger partial charge in [-0.15, -0.1) is 0 Å². The molecule has 0 unspecified atom stereocenters. The summed E-state index contributed by atoms with van der Waals surface area (Å²) in [4.78, 5) is 10.1. The molecule has 0 aliphatic rings. The average molecular weight is 257 g/mol. The molecule has 0 aliphatic carbocycles. The number of hydrogen-bond acceptors (Lipinski definition) is 3. The summed E-state index contributed by atoms with van der Waals surface area (Å²) >= 11 is 0. The highest BCUT2D eigenvalue weighted by Crippen LogP contribution is 2.26. The van der Waals surface area contributed by atoms with E-state index < -0.39 is 11.0 Å². The molecule has 0 saturated carbocycles. The fraction of sp³-hybridized carbons (Fsp3) is 0.200. The monoisotopic (exact) mass is 257 g/mol. The first-order valence-electron chi connectivity index (χ1n) is 5.98. The minimum atomic E-state index is -0.763. The maximum atomic E-state index is 10.6. The van der Waals surface area contributed by atoms with E-state index >= 15 is 0 Å². The Balaban J connectivity index is 2.33. The Hall–Kier alpha value is -2.20. The number of benzene rings is 2. The summed E-state index contributed by atoms with van der Waals surface area (Å²) in [6, 6.07) is 11.8. The van der Waals surface area contributed by atoms with Crippen molar-refractivity contribution in [3.63, 3.8) is 0 Å². The highest BCUT2D eigenvalue weighted by atomic mass is 16.6. The number of aryl methyl sites for hydroxylation is 2. The number of non-ortho nitro benzene ring substituents is 1. The van der Waals surface area contributed by atoms with Crippen LogP contribution in [-0.4, -0.2) is 10.0 Å². The zero-order valence-corrected chi connectivity index (χ0v) is 10.8. The van der Waals surface area contributed by atoms with Crippen LogP contribution >= 0.6 is 0 Å². The molecule has 0 fully saturated rings. The molecule has 1 N–H and O–H groups in total. The summed E-state index contributed by atoms with van der Waals surface area (Å²) in [5, 5.41) is 20.9. The summed E-state index contributed by atoms with van der Waals surface area (Å²) < 4.78 is 0. The highest BCUT2D eigenvalue weighted by molar-refractivity contribution is 5.40. The molecule has 0 radical (unpaired) electrons. The lowest BCUT2D eigenvalue weighted by Crippen LogP contribution is -2.02. The van der Waals surface area contributed by atoms with Gasteiger partial charge in [-0.2, -0.15) is 0 Å². The third-order valence-electron chi connectivity index (χ3n) is 3.14. The summed E-state index contributed by atoms with van der Waals surface area (Å²) in [6.07, 6.45) is -0.763. The second-order valence-electron chi connectivity index (χ2n) is 4.61. The minimum absolute atomic E-state index is 0.0246. The number of rotatable bonds is 3. The molecule has 4 nitrogen and oxygen atoms in total. The Morgan fingerprint density at radius 2 is 1.74 bits per heavy atom. The standard InChI is InChI=1S/C15H15NO3/c1-10-3-8-14(11(2)9-10)15(17)12-4-6-13(7-5-12)16(18)19/h3-9,15,17H,1-2H3/t15-/m0/s1. The van der Waals surface area contributed by atoms with Gasteiger partial charge in [0.1, 0.15) is 6.10 Å². The fourth-order valence-electron chi connectivity index (χ4n) is 2.09. The van der Waals surface area contributed by atoms with Crippen molar-refractivity contribution in [2.24, 2.45) is 0 Å². The molecule has 0 spiro atoms. The Bertz CT molecular complexity index is 605. The SMILES string of the molecule is Cc1ccc([C@@H](O)c2ccc([N+](=O)[O-])cc2)c(C)c1. The lowest BCUT2D eigenvalue weighted by molar-refractivity contribution is -0.384. The van der Waals surface area contributed by atoms with Gasteiger partial charge in [0.25, 0.3) is 5.69 Å². The normalized spacial score (nSPS) is 12.2. The summed E-state index contributed by atoms with van der Waals surface area (Å²) in [5.41, 5.74) is 3.64. The number of nitrogens with zero attached hydrogens (tertiary/aromatic N) is 1. The first-order valence-corrected chi connectivity index (χ1v) is 5.98. The van der Waals surface area contributed by atoms with E-state index in [1.165, 1.54) is 12.1 Å². The molecule has 0 aliphatic heterocycles. The molecule has 2 aromatic carbocycles. The van der Waals surface area contributed by atoms with Crippen molar-refractivity contribution in [1.82, 2.24) is 0 Å². The van der Waals surface area contributed by atoms with Crippen molar-refractivity contribution in [1.29, 1.82) is 0 Å². The molecule has 4 heteroatoms. The van der Waals surface area contributed by atoms with Gasteiger partial charge in [-0.05, 0) is 42.7 Å². The van der Waals surface area contributed by atoms with E-state index in [0.29, 0.717) is 5.56 Å². The zero-order valence-electron chi connectivity index (χ0n) is 10.8. The quantitative estimate of drug-likeness (QED) is 0.677. The molecule has 19 heavy (non-hydrogen) atoms. The minimum Gasteiger partial charge on any atom is -0.384 e. The van der Waals surface area contributed by atoms with E-state index in [-0.39, 0.29) is 5.69 Å². The van der Waals surface area contributed by atoms with Crippen molar-refractivity contribution in [3.8, 4) is 0 Å². The van der Waals surface area contributed by atoms with Crippen molar-refractivity contribution in [2.45, 2.75) is 20.0 Å². The van der Waals surface area contributed by atoms with Crippen LogP contribution in [0.4, 0.5) is 5.69 Å². The largest absolute Gasteiger partial charge is 0.384 e. The van der Waals surface area contributed by atoms with Gasteiger partial charge < -0.3 is 5.11 Å². The summed E-state index contributed by atoms with van der Waals surface area (Å²) in [5.74, 6) is 0. The predicted molar refractivity (Wildman–Crippen MR) is 73.1 cm³/mol. The van der Waals surface area contributed by atoms with Crippen LogP contribution in [0.3, 0.4) is 0 Å². The molecule has 0 saturated heterocycles. The van der Waals surface area contributed by atoms with Crippen LogP contribution in [0.25, 0.3) is 0 Å². The van der Waals surface area contributed by atoms with Gasteiger partial charge in [0.05, 0.1) is 4.92 Å². The number of aliphatic hydroxyl groups excluding tert-OH is 1. The third-order valence-corrected chi connectivity index (χ3v) is 3.14. The van der Waals surface area contributed by atoms with Crippen molar-refractivity contribution >= 4 is 5.69 Å². The lowest BCUT2D eigenvalue weighted by Gasteiger charge is -2.14. The van der Waals surface area contributed by atoms with Crippen molar-refractivity contribution in [2.75, 3.05) is 0 Å². The molecule has 0 heterocycles. The first kappa shape index (κ1) is 13.2. The van der Waals surface area contributed by atoms with Crippen LogP contribution in [0, 0.1) is 24.0 Å². The average Bonchev–Trinajstić information content (AvgIpc) is 2.38. The van der Waals surface area contributed by atoms with Crippen LogP contribution < -0.4 is 0 Å². The molecule has 1 atom stereocenters. The topological polar surface area (TPSA) is 63.4 Å². The van der Waals surface area contributed by atoms with Crippen LogP contribution in [0.15, 0.2) is 42.5 Å². The molecule has 98 valence electrons. The number of nitro benzene ring substituents is 1.